The molecule has 0 aromatic heterocycles. The Morgan fingerprint density at radius 3 is 2.02 bits per heavy atom. The zero-order valence-corrected chi connectivity index (χ0v) is 23.0. The monoisotopic (exact) mass is 556 g/mol. The van der Waals surface area contributed by atoms with E-state index >= 15 is 8.78 Å². The van der Waals surface area contributed by atoms with Gasteiger partial charge in [0, 0.05) is 23.5 Å². The van der Waals surface area contributed by atoms with Gasteiger partial charge in [-0.05, 0) is 48.6 Å². The first kappa shape index (κ1) is 29.8. The Balaban J connectivity index is 1.44. The van der Waals surface area contributed by atoms with Crippen molar-refractivity contribution in [2.45, 2.75) is 64.6 Å². The highest BCUT2D eigenvalue weighted by molar-refractivity contribution is 5.72. The van der Waals surface area contributed by atoms with Crippen molar-refractivity contribution in [2.75, 3.05) is 19.8 Å². The van der Waals surface area contributed by atoms with Crippen LogP contribution < -0.4 is 4.74 Å². The lowest BCUT2D eigenvalue weighted by Gasteiger charge is -2.30. The summed E-state index contributed by atoms with van der Waals surface area (Å²) in [5.41, 5.74) is 1.17. The van der Waals surface area contributed by atoms with E-state index < -0.39 is 29.2 Å². The summed E-state index contributed by atoms with van der Waals surface area (Å²) in [6.07, 6.45) is 9.05. The van der Waals surface area contributed by atoms with Crippen molar-refractivity contribution in [2.24, 2.45) is 0 Å². The molecule has 0 radical (unpaired) electrons. The van der Waals surface area contributed by atoms with Gasteiger partial charge in [-0.15, -0.1) is 0 Å². The molecule has 0 saturated carbocycles. The molecule has 0 bridgehead atoms. The first-order valence-corrected chi connectivity index (χ1v) is 14.0. The maximum Gasteiger partial charge on any atom is 0.201 e. The first-order valence-electron chi connectivity index (χ1n) is 14.0. The molecule has 214 valence electrons. The van der Waals surface area contributed by atoms with E-state index in [2.05, 4.69) is 6.92 Å². The summed E-state index contributed by atoms with van der Waals surface area (Å²) < 4.78 is 76.6. The van der Waals surface area contributed by atoms with Gasteiger partial charge in [-0.2, -0.15) is 4.39 Å². The van der Waals surface area contributed by atoms with Crippen molar-refractivity contribution < 1.29 is 31.8 Å². The number of halogens is 4. The van der Waals surface area contributed by atoms with Gasteiger partial charge in [0.2, 0.25) is 5.82 Å². The van der Waals surface area contributed by atoms with E-state index in [1.807, 2.05) is 19.1 Å². The van der Waals surface area contributed by atoms with Crippen molar-refractivity contribution in [1.82, 2.24) is 0 Å². The van der Waals surface area contributed by atoms with Crippen LogP contribution in [0.25, 0.3) is 22.3 Å². The van der Waals surface area contributed by atoms with Gasteiger partial charge in [0.25, 0.3) is 0 Å². The minimum Gasteiger partial charge on any atom is -0.490 e. The van der Waals surface area contributed by atoms with Gasteiger partial charge < -0.3 is 14.2 Å². The molecule has 40 heavy (non-hydrogen) atoms. The number of allylic oxidation sites excluding steroid dienone is 2. The molecule has 0 amide bonds. The Hall–Kier alpha value is -3.16. The third kappa shape index (κ3) is 7.12. The molecule has 1 aliphatic rings. The third-order valence-electron chi connectivity index (χ3n) is 7.13. The van der Waals surface area contributed by atoms with Gasteiger partial charge >= 0.3 is 0 Å². The second-order valence-electron chi connectivity index (χ2n) is 10.00. The van der Waals surface area contributed by atoms with Gasteiger partial charge in [-0.3, -0.25) is 0 Å². The molecule has 0 atom stereocenters. The molecular weight excluding hydrogens is 520 g/mol. The Morgan fingerprint density at radius 2 is 1.40 bits per heavy atom. The molecule has 1 saturated heterocycles. The standard InChI is InChI=1S/C33H36F4O3/c1-3-5-7-9-19-38-28-18-17-26(32(36)33(28)37)23-13-11-22(12-14-23)25-15-16-27(31(35)30(25)34)24-20-39-29(40-21-24)10-8-6-4-2/h4,6,11-18,24,29H,3,5,7-10,19-21H2,1-2H3/b6-4+. The van der Waals surface area contributed by atoms with E-state index in [-0.39, 0.29) is 41.9 Å². The number of ether oxygens (including phenoxy) is 3. The molecule has 0 N–H and O–H groups in total. The Bertz CT molecular complexity index is 1280. The van der Waals surface area contributed by atoms with Crippen molar-refractivity contribution in [1.29, 1.82) is 0 Å². The Morgan fingerprint density at radius 1 is 0.775 bits per heavy atom. The summed E-state index contributed by atoms with van der Waals surface area (Å²) in [5.74, 6) is -4.50. The smallest absolute Gasteiger partial charge is 0.201 e. The van der Waals surface area contributed by atoms with E-state index in [1.165, 1.54) is 18.2 Å². The topological polar surface area (TPSA) is 27.7 Å². The van der Waals surface area contributed by atoms with Crippen LogP contribution in [0.1, 0.15) is 63.9 Å². The molecule has 7 heteroatoms. The Labute approximate surface area is 233 Å². The summed E-state index contributed by atoms with van der Waals surface area (Å²) in [6, 6.07) is 12.2. The molecule has 1 aliphatic heterocycles. The molecule has 1 fully saturated rings. The fraction of sp³-hybridized carbons (Fsp3) is 0.394. The number of hydrogen-bond acceptors (Lipinski definition) is 3. The Kier molecular flexibility index (Phi) is 10.8. The normalized spacial score (nSPS) is 17.4. The van der Waals surface area contributed by atoms with Gasteiger partial charge in [-0.25, -0.2) is 13.2 Å². The molecule has 4 rings (SSSR count). The molecule has 1 heterocycles. The van der Waals surface area contributed by atoms with Crippen LogP contribution in [0.4, 0.5) is 17.6 Å². The zero-order chi connectivity index (χ0) is 28.5. The first-order chi connectivity index (χ1) is 19.4. The fourth-order valence-electron chi connectivity index (χ4n) is 4.80. The third-order valence-corrected chi connectivity index (χ3v) is 7.13. The fourth-order valence-corrected chi connectivity index (χ4v) is 4.80. The predicted octanol–water partition coefficient (Wildman–Crippen LogP) is 9.35. The van der Waals surface area contributed by atoms with Crippen molar-refractivity contribution in [3.05, 3.63) is 89.5 Å². The van der Waals surface area contributed by atoms with Crippen molar-refractivity contribution in [3.63, 3.8) is 0 Å². The predicted molar refractivity (Wildman–Crippen MR) is 149 cm³/mol. The molecule has 0 unspecified atom stereocenters. The average Bonchev–Trinajstić information content (AvgIpc) is 2.97. The van der Waals surface area contributed by atoms with Crippen LogP contribution in [-0.4, -0.2) is 26.1 Å². The van der Waals surface area contributed by atoms with Crippen LogP contribution in [0.2, 0.25) is 0 Å². The van der Waals surface area contributed by atoms with Gasteiger partial charge in [0.05, 0.1) is 19.8 Å². The van der Waals surface area contributed by atoms with Crippen LogP contribution in [0, 0.1) is 23.3 Å². The molecule has 0 spiro atoms. The second-order valence-corrected chi connectivity index (χ2v) is 10.00. The van der Waals surface area contributed by atoms with Gasteiger partial charge in [0.15, 0.2) is 29.5 Å². The minimum atomic E-state index is -1.04. The quantitative estimate of drug-likeness (QED) is 0.126. The molecular formula is C33H36F4O3. The summed E-state index contributed by atoms with van der Waals surface area (Å²) >= 11 is 0. The van der Waals surface area contributed by atoms with Crippen LogP contribution in [0.3, 0.4) is 0 Å². The average molecular weight is 557 g/mol. The minimum absolute atomic E-state index is 0.0608. The lowest BCUT2D eigenvalue weighted by Crippen LogP contribution is -2.31. The van der Waals surface area contributed by atoms with E-state index in [4.69, 9.17) is 14.2 Å². The zero-order valence-electron chi connectivity index (χ0n) is 23.0. The highest BCUT2D eigenvalue weighted by Gasteiger charge is 2.27. The van der Waals surface area contributed by atoms with Crippen LogP contribution >= 0.6 is 0 Å². The van der Waals surface area contributed by atoms with Crippen LogP contribution in [-0.2, 0) is 9.47 Å². The molecule has 3 aromatic rings. The highest BCUT2D eigenvalue weighted by Crippen LogP contribution is 2.34. The summed E-state index contributed by atoms with van der Waals surface area (Å²) in [4.78, 5) is 0. The summed E-state index contributed by atoms with van der Waals surface area (Å²) in [7, 11) is 0. The van der Waals surface area contributed by atoms with Crippen LogP contribution in [0.5, 0.6) is 5.75 Å². The van der Waals surface area contributed by atoms with Crippen LogP contribution in [0.15, 0.2) is 60.7 Å². The number of rotatable bonds is 12. The number of hydrogen-bond donors (Lipinski definition) is 0. The maximum absolute atomic E-state index is 15.2. The van der Waals surface area contributed by atoms with E-state index in [1.54, 1.807) is 30.3 Å². The second kappa shape index (κ2) is 14.5. The van der Waals surface area contributed by atoms with Gasteiger partial charge in [-0.1, -0.05) is 74.7 Å². The van der Waals surface area contributed by atoms with E-state index in [0.29, 0.717) is 24.2 Å². The number of unbranched alkanes of at least 4 members (excludes halogenated alkanes) is 3. The molecule has 0 aliphatic carbocycles. The lowest BCUT2D eigenvalue weighted by molar-refractivity contribution is -0.189. The molecule has 3 aromatic carbocycles. The maximum atomic E-state index is 15.2. The van der Waals surface area contributed by atoms with Crippen molar-refractivity contribution in [3.8, 4) is 28.0 Å². The van der Waals surface area contributed by atoms with Crippen molar-refractivity contribution >= 4 is 0 Å². The number of benzene rings is 3. The largest absolute Gasteiger partial charge is 0.490 e. The summed E-state index contributed by atoms with van der Waals surface area (Å²) in [5, 5.41) is 0. The molecule has 3 nitrogen and oxygen atoms in total. The summed E-state index contributed by atoms with van der Waals surface area (Å²) in [6.45, 7) is 4.85. The van der Waals surface area contributed by atoms with E-state index in [0.717, 1.165) is 32.1 Å². The van der Waals surface area contributed by atoms with E-state index in [9.17, 15) is 8.78 Å². The highest BCUT2D eigenvalue weighted by atomic mass is 19.2. The lowest BCUT2D eigenvalue weighted by atomic mass is 9.94. The van der Waals surface area contributed by atoms with Gasteiger partial charge in [0.1, 0.15) is 0 Å². The SMILES string of the molecule is C/C=C/CCC1OCC(c2ccc(-c3ccc(-c4ccc(OCCCCCC)c(F)c4F)cc3)c(F)c2F)CO1.